The predicted molar refractivity (Wildman–Crippen MR) is 66.9 cm³/mol. The Morgan fingerprint density at radius 1 is 1.44 bits per heavy atom. The molecule has 2 aromatic rings. The van der Waals surface area contributed by atoms with Gasteiger partial charge in [-0.3, -0.25) is 4.79 Å². The molecule has 2 rings (SSSR count). The molecule has 0 spiro atoms. The normalized spacial score (nSPS) is 12.1. The molecule has 0 aliphatic rings. The van der Waals surface area contributed by atoms with Crippen LogP contribution in [0.15, 0.2) is 41.1 Å². The number of aromatic nitrogens is 1. The van der Waals surface area contributed by atoms with Crippen LogP contribution >= 0.6 is 0 Å². The van der Waals surface area contributed by atoms with Gasteiger partial charge in [0.1, 0.15) is 11.3 Å². The van der Waals surface area contributed by atoms with Gasteiger partial charge in [-0.15, -0.1) is 0 Å². The first kappa shape index (κ1) is 12.3. The Kier molecular flexibility index (Phi) is 3.74. The van der Waals surface area contributed by atoms with E-state index in [0.717, 1.165) is 5.56 Å². The molecule has 1 atom stereocenters. The van der Waals surface area contributed by atoms with Crippen molar-refractivity contribution in [1.29, 1.82) is 0 Å². The van der Waals surface area contributed by atoms with Crippen molar-refractivity contribution in [3.05, 3.63) is 53.4 Å². The highest BCUT2D eigenvalue weighted by Crippen LogP contribution is 2.09. The van der Waals surface area contributed by atoms with Gasteiger partial charge >= 0.3 is 0 Å². The molecule has 1 heterocycles. The summed E-state index contributed by atoms with van der Waals surface area (Å²) in [5.41, 5.74) is 7.41. The van der Waals surface area contributed by atoms with Crippen molar-refractivity contribution in [2.75, 3.05) is 6.54 Å². The van der Waals surface area contributed by atoms with Crippen LogP contribution in [-0.4, -0.2) is 17.6 Å². The standard InChI is InChI=1S/C13H15N3O2/c1-9-11(7-16-18-9)13(17)15-8-12(14)10-5-3-2-4-6-10/h2-7,12H,8,14H2,1H3,(H,15,17). The molecule has 18 heavy (non-hydrogen) atoms. The molecular weight excluding hydrogens is 230 g/mol. The quantitative estimate of drug-likeness (QED) is 0.853. The molecule has 0 saturated carbocycles. The summed E-state index contributed by atoms with van der Waals surface area (Å²) >= 11 is 0. The number of benzene rings is 1. The monoisotopic (exact) mass is 245 g/mol. The number of aryl methyl sites for hydroxylation is 1. The molecule has 5 heteroatoms. The van der Waals surface area contributed by atoms with Crippen LogP contribution in [0.5, 0.6) is 0 Å². The van der Waals surface area contributed by atoms with Crippen molar-refractivity contribution in [2.24, 2.45) is 5.73 Å². The summed E-state index contributed by atoms with van der Waals surface area (Å²) in [5, 5.41) is 6.32. The first-order valence-corrected chi connectivity index (χ1v) is 5.68. The van der Waals surface area contributed by atoms with E-state index in [0.29, 0.717) is 17.9 Å². The molecule has 1 amide bonds. The Hall–Kier alpha value is -2.14. The molecule has 94 valence electrons. The second-order valence-corrected chi connectivity index (χ2v) is 4.02. The van der Waals surface area contributed by atoms with Gasteiger partial charge in [-0.1, -0.05) is 35.5 Å². The van der Waals surface area contributed by atoms with Crippen molar-refractivity contribution in [3.8, 4) is 0 Å². The Labute approximate surface area is 105 Å². The van der Waals surface area contributed by atoms with Crippen molar-refractivity contribution in [1.82, 2.24) is 10.5 Å². The predicted octanol–water partition coefficient (Wildman–Crippen LogP) is 1.41. The van der Waals surface area contributed by atoms with Gasteiger partial charge in [0.25, 0.3) is 5.91 Å². The smallest absolute Gasteiger partial charge is 0.256 e. The minimum atomic E-state index is -0.227. The van der Waals surface area contributed by atoms with E-state index < -0.39 is 0 Å². The number of carbonyl (C=O) groups is 1. The van der Waals surface area contributed by atoms with Crippen LogP contribution in [0.4, 0.5) is 0 Å². The summed E-state index contributed by atoms with van der Waals surface area (Å²) in [7, 11) is 0. The lowest BCUT2D eigenvalue weighted by Gasteiger charge is -2.12. The zero-order chi connectivity index (χ0) is 13.0. The molecule has 5 nitrogen and oxygen atoms in total. The second-order valence-electron chi connectivity index (χ2n) is 4.02. The summed E-state index contributed by atoms with van der Waals surface area (Å²) in [5.74, 6) is 0.279. The first-order chi connectivity index (χ1) is 8.68. The average molecular weight is 245 g/mol. The number of nitrogens with one attached hydrogen (secondary N) is 1. The van der Waals surface area contributed by atoms with Crippen LogP contribution in [0.2, 0.25) is 0 Å². The van der Waals surface area contributed by atoms with Crippen molar-refractivity contribution in [3.63, 3.8) is 0 Å². The fraction of sp³-hybridized carbons (Fsp3) is 0.231. The van der Waals surface area contributed by atoms with E-state index in [-0.39, 0.29) is 11.9 Å². The highest BCUT2D eigenvalue weighted by atomic mass is 16.5. The van der Waals surface area contributed by atoms with Gasteiger partial charge in [0.05, 0.1) is 6.20 Å². The van der Waals surface area contributed by atoms with Crippen molar-refractivity contribution in [2.45, 2.75) is 13.0 Å². The molecule has 0 aliphatic heterocycles. The largest absolute Gasteiger partial charge is 0.361 e. The molecule has 1 aromatic heterocycles. The fourth-order valence-electron chi connectivity index (χ4n) is 1.63. The van der Waals surface area contributed by atoms with Gasteiger partial charge in [0, 0.05) is 12.6 Å². The molecule has 0 fully saturated rings. The van der Waals surface area contributed by atoms with Gasteiger partial charge in [0.2, 0.25) is 0 Å². The maximum Gasteiger partial charge on any atom is 0.256 e. The molecule has 1 unspecified atom stereocenters. The number of amides is 1. The Morgan fingerprint density at radius 3 is 2.78 bits per heavy atom. The summed E-state index contributed by atoms with van der Waals surface area (Å²) in [6.07, 6.45) is 1.40. The first-order valence-electron chi connectivity index (χ1n) is 5.68. The average Bonchev–Trinajstić information content (AvgIpc) is 2.83. The van der Waals surface area contributed by atoms with Gasteiger partial charge in [-0.25, -0.2) is 0 Å². The van der Waals surface area contributed by atoms with E-state index in [9.17, 15) is 4.79 Å². The summed E-state index contributed by atoms with van der Waals surface area (Å²) in [4.78, 5) is 11.8. The van der Waals surface area contributed by atoms with Crippen LogP contribution in [0.1, 0.15) is 27.7 Å². The van der Waals surface area contributed by atoms with Gasteiger partial charge in [-0.05, 0) is 12.5 Å². The molecule has 0 aliphatic carbocycles. The van der Waals surface area contributed by atoms with Crippen molar-refractivity contribution >= 4 is 5.91 Å². The Balaban J connectivity index is 1.93. The fourth-order valence-corrected chi connectivity index (χ4v) is 1.63. The Bertz CT molecular complexity index is 522. The lowest BCUT2D eigenvalue weighted by atomic mass is 10.1. The molecular formula is C13H15N3O2. The minimum Gasteiger partial charge on any atom is -0.361 e. The minimum absolute atomic E-state index is 0.222. The van der Waals surface area contributed by atoms with Gasteiger partial charge < -0.3 is 15.6 Å². The second kappa shape index (κ2) is 5.46. The van der Waals surface area contributed by atoms with Crippen LogP contribution in [-0.2, 0) is 0 Å². The van der Waals surface area contributed by atoms with E-state index in [1.54, 1.807) is 6.92 Å². The molecule has 0 saturated heterocycles. The topological polar surface area (TPSA) is 81.2 Å². The van der Waals surface area contributed by atoms with Crippen molar-refractivity contribution < 1.29 is 9.32 Å². The number of carbonyl (C=O) groups excluding carboxylic acids is 1. The number of nitrogens with zero attached hydrogens (tertiary/aromatic N) is 1. The SMILES string of the molecule is Cc1oncc1C(=O)NCC(N)c1ccccc1. The van der Waals surface area contributed by atoms with E-state index in [1.165, 1.54) is 6.20 Å². The number of hydrogen-bond donors (Lipinski definition) is 2. The lowest BCUT2D eigenvalue weighted by Crippen LogP contribution is -2.32. The lowest BCUT2D eigenvalue weighted by molar-refractivity contribution is 0.0949. The zero-order valence-electron chi connectivity index (χ0n) is 10.1. The molecule has 0 radical (unpaired) electrons. The molecule has 0 bridgehead atoms. The summed E-state index contributed by atoms with van der Waals surface area (Å²) < 4.78 is 4.83. The zero-order valence-corrected chi connectivity index (χ0v) is 10.1. The summed E-state index contributed by atoms with van der Waals surface area (Å²) in [6.45, 7) is 2.06. The van der Waals surface area contributed by atoms with Gasteiger partial charge in [-0.2, -0.15) is 0 Å². The van der Waals surface area contributed by atoms with Crippen LogP contribution in [0, 0.1) is 6.92 Å². The molecule has 1 aromatic carbocycles. The van der Waals surface area contributed by atoms with E-state index in [1.807, 2.05) is 30.3 Å². The van der Waals surface area contributed by atoms with E-state index >= 15 is 0 Å². The number of rotatable bonds is 4. The van der Waals surface area contributed by atoms with E-state index in [4.69, 9.17) is 10.3 Å². The Morgan fingerprint density at radius 2 is 2.17 bits per heavy atom. The number of hydrogen-bond acceptors (Lipinski definition) is 4. The van der Waals surface area contributed by atoms with Crippen LogP contribution in [0.25, 0.3) is 0 Å². The van der Waals surface area contributed by atoms with Crippen LogP contribution in [0.3, 0.4) is 0 Å². The highest BCUT2D eigenvalue weighted by molar-refractivity contribution is 5.94. The number of nitrogens with two attached hydrogens (primary N) is 1. The summed E-state index contributed by atoms with van der Waals surface area (Å²) in [6, 6.07) is 9.40. The third-order valence-corrected chi connectivity index (χ3v) is 2.71. The third-order valence-electron chi connectivity index (χ3n) is 2.71. The van der Waals surface area contributed by atoms with E-state index in [2.05, 4.69) is 10.5 Å². The van der Waals surface area contributed by atoms with Gasteiger partial charge in [0.15, 0.2) is 0 Å². The third kappa shape index (κ3) is 2.75. The molecule has 3 N–H and O–H groups in total. The highest BCUT2D eigenvalue weighted by Gasteiger charge is 2.14. The van der Waals surface area contributed by atoms with Crippen LogP contribution < -0.4 is 11.1 Å². The maximum atomic E-state index is 11.8. The maximum absolute atomic E-state index is 11.8.